The van der Waals surface area contributed by atoms with E-state index < -0.39 is 5.91 Å². The molecule has 4 rings (SSSR count). The van der Waals surface area contributed by atoms with Gasteiger partial charge in [-0.25, -0.2) is 4.68 Å². The van der Waals surface area contributed by atoms with E-state index in [2.05, 4.69) is 16.0 Å². The fourth-order valence-electron chi connectivity index (χ4n) is 3.07. The number of carbonyl (C=O) groups excluding carboxylic acids is 2. The van der Waals surface area contributed by atoms with Gasteiger partial charge in [-0.3, -0.25) is 20.4 Å². The summed E-state index contributed by atoms with van der Waals surface area (Å²) >= 11 is 0. The standard InChI is InChI=1S/C22H19N5O2/c1-26-15-19(18-9-5-6-10-20(18)26)22(29)25-24-21(28)12-11-16-13-23-27(14-16)17-7-3-2-4-8-17/h2-15H,1H3,(H,24,28)(H,25,29)/b12-11+. The summed E-state index contributed by atoms with van der Waals surface area (Å²) in [6.45, 7) is 0. The van der Waals surface area contributed by atoms with Gasteiger partial charge in [0.15, 0.2) is 0 Å². The minimum atomic E-state index is -0.439. The van der Waals surface area contributed by atoms with Crippen LogP contribution >= 0.6 is 0 Å². The number of benzene rings is 2. The van der Waals surface area contributed by atoms with E-state index in [0.717, 1.165) is 22.2 Å². The van der Waals surface area contributed by atoms with Crippen molar-refractivity contribution in [3.8, 4) is 5.69 Å². The maximum atomic E-state index is 12.4. The lowest BCUT2D eigenvalue weighted by atomic mass is 10.2. The van der Waals surface area contributed by atoms with Crippen LogP contribution < -0.4 is 10.9 Å². The van der Waals surface area contributed by atoms with Gasteiger partial charge in [-0.15, -0.1) is 0 Å². The number of hydrogen-bond acceptors (Lipinski definition) is 3. The van der Waals surface area contributed by atoms with E-state index in [0.29, 0.717) is 5.56 Å². The second-order valence-electron chi connectivity index (χ2n) is 6.50. The molecule has 144 valence electrons. The zero-order valence-corrected chi connectivity index (χ0v) is 15.7. The molecule has 2 aromatic heterocycles. The molecule has 0 spiro atoms. The quantitative estimate of drug-likeness (QED) is 0.419. The fourth-order valence-corrected chi connectivity index (χ4v) is 3.07. The lowest BCUT2D eigenvalue weighted by molar-refractivity contribution is -0.117. The van der Waals surface area contributed by atoms with E-state index in [1.54, 1.807) is 23.2 Å². The summed E-state index contributed by atoms with van der Waals surface area (Å²) < 4.78 is 3.59. The molecule has 0 aliphatic heterocycles. The van der Waals surface area contributed by atoms with E-state index in [1.165, 1.54) is 6.08 Å². The van der Waals surface area contributed by atoms with Gasteiger partial charge in [0.25, 0.3) is 11.8 Å². The summed E-state index contributed by atoms with van der Waals surface area (Å²) in [6.07, 6.45) is 8.18. The molecule has 2 N–H and O–H groups in total. The number of aromatic nitrogens is 3. The molecule has 0 aliphatic rings. The van der Waals surface area contributed by atoms with Crippen LogP contribution in [0.1, 0.15) is 15.9 Å². The Labute approximate surface area is 167 Å². The van der Waals surface area contributed by atoms with Gasteiger partial charge >= 0.3 is 0 Å². The number of fused-ring (bicyclic) bond motifs is 1. The number of carbonyl (C=O) groups is 2. The summed E-state index contributed by atoms with van der Waals surface area (Å²) in [4.78, 5) is 24.5. The third-order valence-electron chi connectivity index (χ3n) is 4.49. The highest BCUT2D eigenvalue weighted by Crippen LogP contribution is 2.19. The van der Waals surface area contributed by atoms with E-state index in [9.17, 15) is 9.59 Å². The van der Waals surface area contributed by atoms with Crippen LogP contribution in [0.2, 0.25) is 0 Å². The predicted molar refractivity (Wildman–Crippen MR) is 111 cm³/mol. The molecule has 0 fully saturated rings. The maximum Gasteiger partial charge on any atom is 0.271 e. The molecule has 7 nitrogen and oxygen atoms in total. The number of hydrazine groups is 1. The number of rotatable bonds is 4. The van der Waals surface area contributed by atoms with Gasteiger partial charge < -0.3 is 4.57 Å². The zero-order chi connectivity index (χ0) is 20.2. The number of amides is 2. The van der Waals surface area contributed by atoms with Crippen LogP contribution in [0.4, 0.5) is 0 Å². The second-order valence-corrected chi connectivity index (χ2v) is 6.50. The third kappa shape index (κ3) is 3.93. The topological polar surface area (TPSA) is 81.0 Å². The highest BCUT2D eigenvalue weighted by molar-refractivity contribution is 6.07. The van der Waals surface area contributed by atoms with Gasteiger partial charge in [-0.05, 0) is 24.3 Å². The minimum absolute atomic E-state index is 0.375. The van der Waals surface area contributed by atoms with Crippen molar-refractivity contribution in [3.05, 3.63) is 90.4 Å². The van der Waals surface area contributed by atoms with Crippen molar-refractivity contribution in [1.29, 1.82) is 0 Å². The first-order chi connectivity index (χ1) is 14.1. The average molecular weight is 385 g/mol. The van der Waals surface area contributed by atoms with Gasteiger partial charge in [0.05, 0.1) is 17.4 Å². The van der Waals surface area contributed by atoms with E-state index >= 15 is 0 Å². The molecule has 0 saturated heterocycles. The first-order valence-corrected chi connectivity index (χ1v) is 9.04. The highest BCUT2D eigenvalue weighted by atomic mass is 16.2. The first-order valence-electron chi connectivity index (χ1n) is 9.04. The Hall–Kier alpha value is -4.13. The van der Waals surface area contributed by atoms with Crippen LogP contribution in [-0.4, -0.2) is 26.2 Å². The largest absolute Gasteiger partial charge is 0.350 e. The van der Waals surface area contributed by atoms with Crippen molar-refractivity contribution in [2.45, 2.75) is 0 Å². The monoisotopic (exact) mass is 385 g/mol. The molecule has 29 heavy (non-hydrogen) atoms. The average Bonchev–Trinajstić information content (AvgIpc) is 3.36. The third-order valence-corrected chi connectivity index (χ3v) is 4.49. The molecular weight excluding hydrogens is 366 g/mol. The molecule has 2 aromatic carbocycles. The van der Waals surface area contributed by atoms with Crippen LogP contribution in [0.5, 0.6) is 0 Å². The van der Waals surface area contributed by atoms with E-state index in [-0.39, 0.29) is 5.91 Å². The number of hydrogen-bond donors (Lipinski definition) is 2. The van der Waals surface area contributed by atoms with Crippen molar-refractivity contribution in [2.75, 3.05) is 0 Å². The molecule has 0 aliphatic carbocycles. The zero-order valence-electron chi connectivity index (χ0n) is 15.7. The smallest absolute Gasteiger partial charge is 0.271 e. The van der Waals surface area contributed by atoms with Gasteiger partial charge in [0, 0.05) is 42.0 Å². The van der Waals surface area contributed by atoms with E-state index in [4.69, 9.17) is 0 Å². The summed E-state index contributed by atoms with van der Waals surface area (Å²) in [5, 5.41) is 5.10. The summed E-state index contributed by atoms with van der Waals surface area (Å²) in [7, 11) is 1.87. The Morgan fingerprint density at radius 2 is 1.72 bits per heavy atom. The molecule has 7 heteroatoms. The van der Waals surface area contributed by atoms with Crippen LogP contribution in [0.25, 0.3) is 22.7 Å². The van der Waals surface area contributed by atoms with Crippen molar-refractivity contribution < 1.29 is 9.59 Å². The minimum Gasteiger partial charge on any atom is -0.350 e. The normalized spacial score (nSPS) is 11.1. The lowest BCUT2D eigenvalue weighted by Crippen LogP contribution is -2.40. The molecule has 0 atom stereocenters. The Morgan fingerprint density at radius 1 is 0.966 bits per heavy atom. The van der Waals surface area contributed by atoms with Crippen LogP contribution in [-0.2, 0) is 11.8 Å². The van der Waals surface area contributed by atoms with Gasteiger partial charge in [0.1, 0.15) is 0 Å². The summed E-state index contributed by atoms with van der Waals surface area (Å²) in [6, 6.07) is 17.3. The van der Waals surface area contributed by atoms with Crippen molar-refractivity contribution in [2.24, 2.45) is 7.05 Å². The molecule has 0 saturated carbocycles. The van der Waals surface area contributed by atoms with Crippen LogP contribution in [0.3, 0.4) is 0 Å². The number of nitrogens with zero attached hydrogens (tertiary/aromatic N) is 3. The van der Waals surface area contributed by atoms with Crippen molar-refractivity contribution >= 4 is 28.8 Å². The Kier molecular flexibility index (Phi) is 4.94. The highest BCUT2D eigenvalue weighted by Gasteiger charge is 2.13. The fraction of sp³-hybridized carbons (Fsp3) is 0.0455. The molecule has 2 heterocycles. The number of nitrogens with one attached hydrogen (secondary N) is 2. The van der Waals surface area contributed by atoms with Gasteiger partial charge in [-0.1, -0.05) is 36.4 Å². The molecule has 2 amide bonds. The second kappa shape index (κ2) is 7.85. The van der Waals surface area contributed by atoms with Crippen molar-refractivity contribution in [1.82, 2.24) is 25.2 Å². The summed E-state index contributed by atoms with van der Waals surface area (Å²) in [5.41, 5.74) is 7.99. The van der Waals surface area contributed by atoms with Gasteiger partial charge in [0.2, 0.25) is 0 Å². The first kappa shape index (κ1) is 18.2. The lowest BCUT2D eigenvalue weighted by Gasteiger charge is -2.04. The summed E-state index contributed by atoms with van der Waals surface area (Å²) in [5.74, 6) is -0.813. The van der Waals surface area contributed by atoms with Crippen LogP contribution in [0, 0.1) is 0 Å². The Balaban J connectivity index is 1.37. The molecule has 0 unspecified atom stereocenters. The SMILES string of the molecule is Cn1cc(C(=O)NNC(=O)/C=C/c2cnn(-c3ccccc3)c2)c2ccccc21. The molecule has 0 radical (unpaired) electrons. The van der Waals surface area contributed by atoms with Gasteiger partial charge in [-0.2, -0.15) is 5.10 Å². The predicted octanol–water partition coefficient (Wildman–Crippen LogP) is 2.84. The maximum absolute atomic E-state index is 12.4. The number of para-hydroxylation sites is 2. The molecule has 0 bridgehead atoms. The molecule has 4 aromatic rings. The van der Waals surface area contributed by atoms with Crippen LogP contribution in [0.15, 0.2) is 79.3 Å². The Morgan fingerprint density at radius 3 is 2.55 bits per heavy atom. The number of aryl methyl sites for hydroxylation is 1. The molecular formula is C22H19N5O2. The Bertz CT molecular complexity index is 1200. The van der Waals surface area contributed by atoms with E-state index in [1.807, 2.05) is 72.4 Å². The van der Waals surface area contributed by atoms with Crippen molar-refractivity contribution in [3.63, 3.8) is 0 Å².